The number of aryl methyl sites for hydroxylation is 3. The molecule has 0 aliphatic carbocycles. The van der Waals surface area contributed by atoms with E-state index < -0.39 is 0 Å². The van der Waals surface area contributed by atoms with Gasteiger partial charge in [-0.3, -0.25) is 4.57 Å². The average Bonchev–Trinajstić information content (AvgIpc) is 3.32. The van der Waals surface area contributed by atoms with Gasteiger partial charge in [-0.15, -0.1) is 0 Å². The highest BCUT2D eigenvalue weighted by Gasteiger charge is 2.21. The predicted octanol–water partition coefficient (Wildman–Crippen LogP) is 7.52. The molecule has 0 atom stereocenters. The summed E-state index contributed by atoms with van der Waals surface area (Å²) < 4.78 is 8.64. The molecule has 3 nitrogen and oxygen atoms in total. The number of aromatic nitrogens is 2. The summed E-state index contributed by atoms with van der Waals surface area (Å²) in [6, 6.07) is 27.3. The molecule has 0 unspecified atom stereocenters. The van der Waals surface area contributed by atoms with Crippen LogP contribution in [0.4, 0.5) is 0 Å². The van der Waals surface area contributed by atoms with Crippen molar-refractivity contribution in [2.24, 2.45) is 0 Å². The zero-order valence-electron chi connectivity index (χ0n) is 17.8. The SMILES string of the molecule is Cc1cc(C)c(-n2c(-c3cccc4c3oc3ccccc34)nc3ccccc32)c(C)c1. The van der Waals surface area contributed by atoms with E-state index in [0.29, 0.717) is 0 Å². The molecule has 0 bridgehead atoms. The maximum atomic E-state index is 6.35. The van der Waals surface area contributed by atoms with Crippen molar-refractivity contribution >= 4 is 33.0 Å². The number of nitrogens with zero attached hydrogens (tertiary/aromatic N) is 2. The van der Waals surface area contributed by atoms with Crippen molar-refractivity contribution in [2.75, 3.05) is 0 Å². The van der Waals surface area contributed by atoms with Gasteiger partial charge >= 0.3 is 0 Å². The van der Waals surface area contributed by atoms with E-state index in [1.807, 2.05) is 18.2 Å². The fourth-order valence-electron chi connectivity index (χ4n) is 4.88. The molecule has 6 rings (SSSR count). The fourth-order valence-corrected chi connectivity index (χ4v) is 4.88. The van der Waals surface area contributed by atoms with Crippen LogP contribution in [0.15, 0.2) is 83.3 Å². The molecular weight excluding hydrogens is 380 g/mol. The summed E-state index contributed by atoms with van der Waals surface area (Å²) in [4.78, 5) is 5.09. The minimum atomic E-state index is 0.877. The Morgan fingerprint density at radius 2 is 1.45 bits per heavy atom. The van der Waals surface area contributed by atoms with Gasteiger partial charge in [-0.05, 0) is 56.2 Å². The topological polar surface area (TPSA) is 31.0 Å². The van der Waals surface area contributed by atoms with Crippen molar-refractivity contribution < 1.29 is 4.42 Å². The molecule has 0 aliphatic heterocycles. The van der Waals surface area contributed by atoms with Gasteiger partial charge in [-0.2, -0.15) is 0 Å². The molecule has 2 heterocycles. The van der Waals surface area contributed by atoms with Crippen LogP contribution in [0.1, 0.15) is 16.7 Å². The van der Waals surface area contributed by atoms with Crippen molar-refractivity contribution in [3.8, 4) is 17.1 Å². The summed E-state index contributed by atoms with van der Waals surface area (Å²) in [6.45, 7) is 6.50. The van der Waals surface area contributed by atoms with Crippen molar-refractivity contribution in [2.45, 2.75) is 20.8 Å². The number of hydrogen-bond acceptors (Lipinski definition) is 2. The first-order valence-electron chi connectivity index (χ1n) is 10.6. The first kappa shape index (κ1) is 18.0. The molecule has 0 spiro atoms. The zero-order chi connectivity index (χ0) is 21.1. The third-order valence-electron chi connectivity index (χ3n) is 6.06. The molecule has 0 aliphatic rings. The quantitative estimate of drug-likeness (QED) is 0.300. The van der Waals surface area contributed by atoms with Gasteiger partial charge in [0.15, 0.2) is 0 Å². The Morgan fingerprint density at radius 3 is 2.29 bits per heavy atom. The van der Waals surface area contributed by atoms with Crippen LogP contribution < -0.4 is 0 Å². The second kappa shape index (κ2) is 6.58. The highest BCUT2D eigenvalue weighted by Crippen LogP contribution is 2.38. The largest absolute Gasteiger partial charge is 0.455 e. The average molecular weight is 402 g/mol. The van der Waals surface area contributed by atoms with Crippen LogP contribution in [0.3, 0.4) is 0 Å². The Morgan fingerprint density at radius 1 is 0.742 bits per heavy atom. The second-order valence-corrected chi connectivity index (χ2v) is 8.29. The maximum Gasteiger partial charge on any atom is 0.149 e. The van der Waals surface area contributed by atoms with Crippen LogP contribution in [-0.4, -0.2) is 9.55 Å². The van der Waals surface area contributed by atoms with Gasteiger partial charge in [-0.1, -0.05) is 60.2 Å². The highest BCUT2D eigenvalue weighted by atomic mass is 16.3. The van der Waals surface area contributed by atoms with Crippen LogP contribution in [0.25, 0.3) is 50.0 Å². The number of hydrogen-bond donors (Lipinski definition) is 0. The monoisotopic (exact) mass is 402 g/mol. The van der Waals surface area contributed by atoms with Crippen molar-refractivity contribution in [3.63, 3.8) is 0 Å². The molecule has 6 aromatic rings. The normalized spacial score (nSPS) is 11.7. The molecule has 0 amide bonds. The molecule has 2 aromatic heterocycles. The Bertz CT molecular complexity index is 1590. The lowest BCUT2D eigenvalue weighted by Crippen LogP contribution is -2.03. The standard InChI is InChI=1S/C28H22N2O/c1-17-15-18(2)26(19(3)16-17)30-24-13-6-5-12-23(24)29-28(30)22-11-8-10-21-20-9-4-7-14-25(20)31-27(21)22/h4-16H,1-3H3. The third kappa shape index (κ3) is 2.63. The number of fused-ring (bicyclic) bond motifs is 4. The molecule has 0 saturated heterocycles. The molecule has 0 radical (unpaired) electrons. The summed E-state index contributed by atoms with van der Waals surface area (Å²) in [5.41, 5.74) is 9.77. The molecule has 0 saturated carbocycles. The number of furan rings is 1. The Kier molecular flexibility index (Phi) is 3.81. The minimum Gasteiger partial charge on any atom is -0.455 e. The van der Waals surface area contributed by atoms with Gasteiger partial charge in [0.1, 0.15) is 17.0 Å². The van der Waals surface area contributed by atoms with Gasteiger partial charge in [0.05, 0.1) is 22.3 Å². The molecule has 150 valence electrons. The van der Waals surface area contributed by atoms with E-state index in [9.17, 15) is 0 Å². The van der Waals surface area contributed by atoms with E-state index in [-0.39, 0.29) is 0 Å². The summed E-state index contributed by atoms with van der Waals surface area (Å²) >= 11 is 0. The lowest BCUT2D eigenvalue weighted by molar-refractivity contribution is 0.669. The summed E-state index contributed by atoms with van der Waals surface area (Å²) in [5, 5.41) is 2.24. The fraction of sp³-hybridized carbons (Fsp3) is 0.107. The van der Waals surface area contributed by atoms with Crippen molar-refractivity contribution in [1.82, 2.24) is 9.55 Å². The third-order valence-corrected chi connectivity index (χ3v) is 6.06. The van der Waals surface area contributed by atoms with Crippen LogP contribution >= 0.6 is 0 Å². The minimum absolute atomic E-state index is 0.877. The van der Waals surface area contributed by atoms with Gasteiger partial charge in [0, 0.05) is 10.8 Å². The number of imidazole rings is 1. The molecule has 0 N–H and O–H groups in total. The molecule has 4 aromatic carbocycles. The van der Waals surface area contributed by atoms with Crippen LogP contribution in [0, 0.1) is 20.8 Å². The zero-order valence-corrected chi connectivity index (χ0v) is 17.8. The molecular formula is C28H22N2O. The lowest BCUT2D eigenvalue weighted by Gasteiger charge is -2.16. The summed E-state index contributed by atoms with van der Waals surface area (Å²) in [5.74, 6) is 0.904. The molecule has 3 heteroatoms. The molecule has 31 heavy (non-hydrogen) atoms. The number of benzene rings is 4. The maximum absolute atomic E-state index is 6.35. The van der Waals surface area contributed by atoms with E-state index in [4.69, 9.17) is 9.40 Å². The van der Waals surface area contributed by atoms with Crippen LogP contribution in [0.5, 0.6) is 0 Å². The van der Waals surface area contributed by atoms with Gasteiger partial charge < -0.3 is 4.42 Å². The smallest absolute Gasteiger partial charge is 0.149 e. The second-order valence-electron chi connectivity index (χ2n) is 8.29. The van der Waals surface area contributed by atoms with Crippen molar-refractivity contribution in [1.29, 1.82) is 0 Å². The predicted molar refractivity (Wildman–Crippen MR) is 128 cm³/mol. The van der Waals surface area contributed by atoms with Gasteiger partial charge in [0.2, 0.25) is 0 Å². The Hall–Kier alpha value is -3.85. The first-order chi connectivity index (χ1) is 15.1. The summed E-state index contributed by atoms with van der Waals surface area (Å²) in [6.07, 6.45) is 0. The van der Waals surface area contributed by atoms with E-state index in [2.05, 4.69) is 86.0 Å². The number of rotatable bonds is 2. The Labute approximate surface area is 180 Å². The van der Waals surface area contributed by atoms with Gasteiger partial charge in [-0.25, -0.2) is 4.98 Å². The first-order valence-corrected chi connectivity index (χ1v) is 10.6. The molecule has 0 fully saturated rings. The lowest BCUT2D eigenvalue weighted by atomic mass is 10.0. The van der Waals surface area contributed by atoms with Gasteiger partial charge in [0.25, 0.3) is 0 Å². The van der Waals surface area contributed by atoms with Crippen LogP contribution in [0.2, 0.25) is 0 Å². The number of para-hydroxylation sites is 4. The Balaban J connectivity index is 1.76. The van der Waals surface area contributed by atoms with E-state index >= 15 is 0 Å². The summed E-state index contributed by atoms with van der Waals surface area (Å²) in [7, 11) is 0. The van der Waals surface area contributed by atoms with E-state index in [0.717, 1.165) is 44.4 Å². The van der Waals surface area contributed by atoms with Crippen LogP contribution in [-0.2, 0) is 0 Å². The van der Waals surface area contributed by atoms with E-state index in [1.54, 1.807) is 0 Å². The van der Waals surface area contributed by atoms with E-state index in [1.165, 1.54) is 22.4 Å². The van der Waals surface area contributed by atoms with Crippen molar-refractivity contribution in [3.05, 3.63) is 95.6 Å². The highest BCUT2D eigenvalue weighted by molar-refractivity contribution is 6.09.